The first-order chi connectivity index (χ1) is 8.80. The van der Waals surface area contributed by atoms with Gasteiger partial charge in [0, 0.05) is 16.6 Å². The summed E-state index contributed by atoms with van der Waals surface area (Å²) in [5.74, 6) is 0.896. The molecule has 3 nitrogen and oxygen atoms in total. The molecule has 0 atom stereocenters. The smallest absolute Gasteiger partial charge is 0.119 e. The quantitative estimate of drug-likeness (QED) is 0.787. The van der Waals surface area contributed by atoms with Crippen LogP contribution in [0.15, 0.2) is 30.5 Å². The van der Waals surface area contributed by atoms with E-state index in [1.807, 2.05) is 42.1 Å². The number of hydrogen-bond donors (Lipinski definition) is 0. The molecule has 0 saturated heterocycles. The predicted octanol–water partition coefficient (Wildman–Crippen LogP) is 3.73. The Morgan fingerprint density at radius 1 is 1.22 bits per heavy atom. The summed E-state index contributed by atoms with van der Waals surface area (Å²) in [4.78, 5) is 0. The van der Waals surface area contributed by atoms with Crippen molar-refractivity contribution < 1.29 is 4.74 Å². The Balaban J connectivity index is 2.33. The highest BCUT2D eigenvalue weighted by Gasteiger charge is 2.09. The molecule has 0 amide bonds. The molecule has 0 aliphatic heterocycles. The van der Waals surface area contributed by atoms with E-state index >= 15 is 0 Å². The van der Waals surface area contributed by atoms with Gasteiger partial charge in [0.05, 0.1) is 18.5 Å². The molecule has 0 fully saturated rings. The van der Waals surface area contributed by atoms with Crippen molar-refractivity contribution >= 4 is 15.9 Å². The molecule has 0 aliphatic carbocycles. The van der Waals surface area contributed by atoms with Crippen LogP contribution in [0, 0.1) is 0 Å². The summed E-state index contributed by atoms with van der Waals surface area (Å²) in [6.45, 7) is 4.82. The van der Waals surface area contributed by atoms with Crippen LogP contribution >= 0.6 is 15.9 Å². The average Bonchev–Trinajstić information content (AvgIpc) is 2.82. The van der Waals surface area contributed by atoms with Gasteiger partial charge in [-0.15, -0.1) is 0 Å². The summed E-state index contributed by atoms with van der Waals surface area (Å²) in [6, 6.07) is 8.03. The zero-order valence-corrected chi connectivity index (χ0v) is 12.3. The minimum absolute atomic E-state index is 0.690. The third kappa shape index (κ3) is 2.58. The van der Waals surface area contributed by atoms with Gasteiger partial charge in [-0.25, -0.2) is 4.68 Å². The van der Waals surface area contributed by atoms with Gasteiger partial charge in [-0.3, -0.25) is 0 Å². The molecule has 0 saturated carbocycles. The van der Waals surface area contributed by atoms with Crippen LogP contribution in [0.5, 0.6) is 5.75 Å². The highest BCUT2D eigenvalue weighted by Crippen LogP contribution is 2.20. The molecule has 1 aromatic carbocycles. The zero-order chi connectivity index (χ0) is 13.0. The number of ether oxygens (including phenoxy) is 1. The summed E-state index contributed by atoms with van der Waals surface area (Å²) in [5, 5.41) is 5.29. The van der Waals surface area contributed by atoms with E-state index in [4.69, 9.17) is 4.74 Å². The van der Waals surface area contributed by atoms with Crippen molar-refractivity contribution in [2.75, 3.05) is 6.61 Å². The maximum atomic E-state index is 5.44. The van der Waals surface area contributed by atoms with Gasteiger partial charge in [-0.1, -0.05) is 22.9 Å². The summed E-state index contributed by atoms with van der Waals surface area (Å²) in [5.41, 5.74) is 3.56. The molecule has 0 spiro atoms. The van der Waals surface area contributed by atoms with E-state index < -0.39 is 0 Å². The molecule has 2 rings (SSSR count). The van der Waals surface area contributed by atoms with Gasteiger partial charge in [-0.2, -0.15) is 5.10 Å². The molecule has 18 heavy (non-hydrogen) atoms. The molecule has 96 valence electrons. The van der Waals surface area contributed by atoms with Gasteiger partial charge in [-0.05, 0) is 37.6 Å². The van der Waals surface area contributed by atoms with Crippen LogP contribution in [-0.4, -0.2) is 16.4 Å². The molecule has 0 bridgehead atoms. The van der Waals surface area contributed by atoms with E-state index in [0.29, 0.717) is 6.61 Å². The number of rotatable bonds is 5. The molecule has 4 heteroatoms. The Morgan fingerprint density at radius 2 is 1.94 bits per heavy atom. The number of halogens is 1. The lowest BCUT2D eigenvalue weighted by Crippen LogP contribution is -2.02. The van der Waals surface area contributed by atoms with Gasteiger partial charge < -0.3 is 4.74 Å². The van der Waals surface area contributed by atoms with Crippen LogP contribution in [0.2, 0.25) is 0 Å². The second kappa shape index (κ2) is 6.05. The Hall–Kier alpha value is -1.29. The lowest BCUT2D eigenvalue weighted by atomic mass is 10.2. The summed E-state index contributed by atoms with van der Waals surface area (Å²) < 4.78 is 7.43. The van der Waals surface area contributed by atoms with Crippen LogP contribution in [0.25, 0.3) is 5.69 Å². The number of alkyl halides is 1. The monoisotopic (exact) mass is 308 g/mol. The maximum Gasteiger partial charge on any atom is 0.119 e. The zero-order valence-electron chi connectivity index (χ0n) is 10.7. The van der Waals surface area contributed by atoms with Crippen molar-refractivity contribution in [3.8, 4) is 11.4 Å². The van der Waals surface area contributed by atoms with Gasteiger partial charge in [0.2, 0.25) is 0 Å². The minimum atomic E-state index is 0.690. The molecule has 2 aromatic rings. The largest absolute Gasteiger partial charge is 0.494 e. The molecule has 0 unspecified atom stereocenters. The van der Waals surface area contributed by atoms with Gasteiger partial charge in [0.15, 0.2) is 0 Å². The van der Waals surface area contributed by atoms with Crippen molar-refractivity contribution in [2.24, 2.45) is 0 Å². The first kappa shape index (κ1) is 13.1. The Labute approximate surface area is 116 Å². The molecule has 0 radical (unpaired) electrons. The lowest BCUT2D eigenvalue weighted by Gasteiger charge is -2.08. The van der Waals surface area contributed by atoms with Crippen molar-refractivity contribution in [1.82, 2.24) is 9.78 Å². The normalized spacial score (nSPS) is 10.6. The topological polar surface area (TPSA) is 27.1 Å². The molecular weight excluding hydrogens is 292 g/mol. The van der Waals surface area contributed by atoms with Crippen LogP contribution in [-0.2, 0) is 11.8 Å². The number of hydrogen-bond acceptors (Lipinski definition) is 2. The molecule has 1 heterocycles. The summed E-state index contributed by atoms with van der Waals surface area (Å²) in [7, 11) is 0. The van der Waals surface area contributed by atoms with Gasteiger partial charge >= 0.3 is 0 Å². The molecule has 0 N–H and O–H groups in total. The highest BCUT2D eigenvalue weighted by atomic mass is 79.9. The van der Waals surface area contributed by atoms with E-state index in [0.717, 1.165) is 23.2 Å². The van der Waals surface area contributed by atoms with Crippen LogP contribution in [0.3, 0.4) is 0 Å². The lowest BCUT2D eigenvalue weighted by molar-refractivity contribution is 0.340. The molecule has 1 aromatic heterocycles. The number of benzene rings is 1. The number of nitrogens with zero attached hydrogens (tertiary/aromatic N) is 2. The van der Waals surface area contributed by atoms with Crippen molar-refractivity contribution in [2.45, 2.75) is 25.6 Å². The first-order valence-electron chi connectivity index (χ1n) is 6.15. The van der Waals surface area contributed by atoms with Gasteiger partial charge in [0.25, 0.3) is 0 Å². The summed E-state index contributed by atoms with van der Waals surface area (Å²) in [6.07, 6.45) is 2.89. The van der Waals surface area contributed by atoms with Crippen molar-refractivity contribution in [3.63, 3.8) is 0 Å². The standard InChI is InChI=1S/C14H17BrN2O/c1-3-14-11(9-15)10-16-17(14)12-5-7-13(8-6-12)18-4-2/h5-8,10H,3-4,9H2,1-2H3. The molecule has 0 aliphatic rings. The first-order valence-corrected chi connectivity index (χ1v) is 7.27. The van der Waals surface area contributed by atoms with E-state index in [9.17, 15) is 0 Å². The minimum Gasteiger partial charge on any atom is -0.494 e. The fourth-order valence-corrected chi connectivity index (χ4v) is 2.44. The number of aromatic nitrogens is 2. The predicted molar refractivity (Wildman–Crippen MR) is 76.7 cm³/mol. The molecular formula is C14H17BrN2O. The second-order valence-corrected chi connectivity index (χ2v) is 4.50. The maximum absolute atomic E-state index is 5.44. The van der Waals surface area contributed by atoms with Crippen molar-refractivity contribution in [1.29, 1.82) is 0 Å². The van der Waals surface area contributed by atoms with Crippen LogP contribution in [0.1, 0.15) is 25.1 Å². The highest BCUT2D eigenvalue weighted by molar-refractivity contribution is 9.08. The third-order valence-corrected chi connectivity index (χ3v) is 3.43. The van der Waals surface area contributed by atoms with E-state index in [-0.39, 0.29) is 0 Å². The second-order valence-electron chi connectivity index (χ2n) is 3.94. The van der Waals surface area contributed by atoms with Crippen LogP contribution < -0.4 is 4.74 Å². The Kier molecular flexibility index (Phi) is 4.42. The fourth-order valence-electron chi connectivity index (χ4n) is 1.97. The van der Waals surface area contributed by atoms with Crippen molar-refractivity contribution in [3.05, 3.63) is 41.7 Å². The third-order valence-electron chi connectivity index (χ3n) is 2.83. The van der Waals surface area contributed by atoms with E-state index in [1.54, 1.807) is 0 Å². The SMILES string of the molecule is CCOc1ccc(-n2ncc(CBr)c2CC)cc1. The van der Waals surface area contributed by atoms with Gasteiger partial charge in [0.1, 0.15) is 5.75 Å². The van der Waals surface area contributed by atoms with Crippen LogP contribution in [0.4, 0.5) is 0 Å². The Morgan fingerprint density at radius 3 is 2.50 bits per heavy atom. The van der Waals surface area contributed by atoms with E-state index in [1.165, 1.54) is 11.3 Å². The van der Waals surface area contributed by atoms with E-state index in [2.05, 4.69) is 28.0 Å². The summed E-state index contributed by atoms with van der Waals surface area (Å²) >= 11 is 3.49. The Bertz CT molecular complexity index is 505. The average molecular weight is 309 g/mol. The fraction of sp³-hybridized carbons (Fsp3) is 0.357.